The van der Waals surface area contributed by atoms with Gasteiger partial charge in [-0.3, -0.25) is 4.79 Å². The van der Waals surface area contributed by atoms with Crippen LogP contribution in [0.25, 0.3) is 0 Å². The molecular weight excluding hydrogens is 335 g/mol. The van der Waals surface area contributed by atoms with Gasteiger partial charge < -0.3 is 9.47 Å². The van der Waals surface area contributed by atoms with Crippen molar-refractivity contribution >= 4 is 41.1 Å². The maximum absolute atomic E-state index is 10.5. The molecule has 21 heavy (non-hydrogen) atoms. The molecule has 6 heteroatoms. The highest BCUT2D eigenvalue weighted by atomic mass is 35.5. The summed E-state index contributed by atoms with van der Waals surface area (Å²) in [6.07, 6.45) is 0.775. The van der Waals surface area contributed by atoms with Crippen molar-refractivity contribution in [3.05, 3.63) is 57.0 Å². The molecule has 0 atom stereocenters. The van der Waals surface area contributed by atoms with Gasteiger partial charge in [0.05, 0.1) is 10.0 Å². The monoisotopic (exact) mass is 344 g/mol. The summed E-state index contributed by atoms with van der Waals surface area (Å²) in [6.45, 7) is 0.590. The molecule has 3 nitrogen and oxygen atoms in total. The van der Waals surface area contributed by atoms with Crippen LogP contribution in [0.4, 0.5) is 0 Å². The van der Waals surface area contributed by atoms with Crippen molar-refractivity contribution in [2.24, 2.45) is 0 Å². The van der Waals surface area contributed by atoms with E-state index in [1.807, 2.05) is 0 Å². The SMILES string of the molecule is O=Cc1ccc(OCCOc2c(Cl)cc(Cl)cc2Cl)cc1. The minimum absolute atomic E-state index is 0.274. The summed E-state index contributed by atoms with van der Waals surface area (Å²) in [6, 6.07) is 9.90. The number of benzene rings is 2. The zero-order valence-corrected chi connectivity index (χ0v) is 13.1. The standard InChI is InChI=1S/C15H11Cl3O3/c16-11-7-13(17)15(14(18)8-11)21-6-5-20-12-3-1-10(9-19)2-4-12/h1-4,7-9H,5-6H2. The van der Waals surface area contributed by atoms with Gasteiger partial charge in [-0.2, -0.15) is 0 Å². The van der Waals surface area contributed by atoms with Crippen LogP contribution in [0.1, 0.15) is 10.4 Å². The van der Waals surface area contributed by atoms with E-state index < -0.39 is 0 Å². The maximum atomic E-state index is 10.5. The van der Waals surface area contributed by atoms with E-state index in [4.69, 9.17) is 44.3 Å². The molecule has 110 valence electrons. The summed E-state index contributed by atoms with van der Waals surface area (Å²) >= 11 is 17.8. The van der Waals surface area contributed by atoms with Crippen molar-refractivity contribution in [3.8, 4) is 11.5 Å². The minimum atomic E-state index is 0.274. The van der Waals surface area contributed by atoms with Gasteiger partial charge in [0, 0.05) is 10.6 Å². The molecule has 0 heterocycles. The lowest BCUT2D eigenvalue weighted by Crippen LogP contribution is -2.09. The van der Waals surface area contributed by atoms with E-state index >= 15 is 0 Å². The van der Waals surface area contributed by atoms with Crippen molar-refractivity contribution in [3.63, 3.8) is 0 Å². The number of halogens is 3. The van der Waals surface area contributed by atoms with Crippen LogP contribution in [-0.2, 0) is 0 Å². The first-order valence-electron chi connectivity index (χ1n) is 6.05. The molecule has 0 N–H and O–H groups in total. The zero-order valence-electron chi connectivity index (χ0n) is 10.8. The lowest BCUT2D eigenvalue weighted by atomic mass is 10.2. The van der Waals surface area contributed by atoms with E-state index in [2.05, 4.69) is 0 Å². The first-order valence-corrected chi connectivity index (χ1v) is 7.19. The average Bonchev–Trinajstić information content (AvgIpc) is 2.46. The highest BCUT2D eigenvalue weighted by Gasteiger charge is 2.09. The van der Waals surface area contributed by atoms with E-state index in [1.165, 1.54) is 0 Å². The third kappa shape index (κ3) is 4.53. The molecule has 0 aliphatic heterocycles. The smallest absolute Gasteiger partial charge is 0.156 e. The van der Waals surface area contributed by atoms with Crippen molar-refractivity contribution in [2.75, 3.05) is 13.2 Å². The number of hydrogen-bond donors (Lipinski definition) is 0. The van der Waals surface area contributed by atoms with Crippen LogP contribution in [0.2, 0.25) is 15.1 Å². The van der Waals surface area contributed by atoms with Gasteiger partial charge in [0.25, 0.3) is 0 Å². The van der Waals surface area contributed by atoms with Crippen LogP contribution in [-0.4, -0.2) is 19.5 Å². The largest absolute Gasteiger partial charge is 0.490 e. The molecule has 0 bridgehead atoms. The molecule has 0 fully saturated rings. The molecule has 2 rings (SSSR count). The first-order chi connectivity index (χ1) is 10.1. The van der Waals surface area contributed by atoms with Crippen LogP contribution in [0, 0.1) is 0 Å². The molecule has 2 aromatic carbocycles. The van der Waals surface area contributed by atoms with Crippen LogP contribution < -0.4 is 9.47 Å². The average molecular weight is 346 g/mol. The predicted molar refractivity (Wildman–Crippen MR) is 84.3 cm³/mol. The molecule has 0 amide bonds. The maximum Gasteiger partial charge on any atom is 0.156 e. The summed E-state index contributed by atoms with van der Waals surface area (Å²) in [5, 5.41) is 1.15. The summed E-state index contributed by atoms with van der Waals surface area (Å²) in [5.74, 6) is 1.03. The summed E-state index contributed by atoms with van der Waals surface area (Å²) in [4.78, 5) is 10.5. The van der Waals surface area contributed by atoms with E-state index in [1.54, 1.807) is 36.4 Å². The fraction of sp³-hybridized carbons (Fsp3) is 0.133. The van der Waals surface area contributed by atoms with E-state index in [-0.39, 0.29) is 6.61 Å². The van der Waals surface area contributed by atoms with Gasteiger partial charge in [-0.15, -0.1) is 0 Å². The molecule has 0 aliphatic rings. The Labute approximate surface area is 137 Å². The van der Waals surface area contributed by atoms with Crippen molar-refractivity contribution in [1.29, 1.82) is 0 Å². The fourth-order valence-corrected chi connectivity index (χ4v) is 2.54. The first kappa shape index (κ1) is 16.0. The van der Waals surface area contributed by atoms with Gasteiger partial charge in [-0.05, 0) is 36.4 Å². The van der Waals surface area contributed by atoms with E-state index in [0.717, 1.165) is 6.29 Å². The topological polar surface area (TPSA) is 35.5 Å². The van der Waals surface area contributed by atoms with Gasteiger partial charge in [-0.1, -0.05) is 34.8 Å². The highest BCUT2D eigenvalue weighted by molar-refractivity contribution is 6.40. The normalized spacial score (nSPS) is 10.2. The van der Waals surface area contributed by atoms with E-state index in [0.29, 0.717) is 38.7 Å². The molecule has 0 saturated heterocycles. The molecule has 0 saturated carbocycles. The number of ether oxygens (including phenoxy) is 2. The molecule has 0 radical (unpaired) electrons. The number of rotatable bonds is 6. The van der Waals surface area contributed by atoms with Crippen molar-refractivity contribution in [2.45, 2.75) is 0 Å². The zero-order chi connectivity index (χ0) is 15.2. The van der Waals surface area contributed by atoms with Crippen molar-refractivity contribution < 1.29 is 14.3 Å². The Bertz CT molecular complexity index is 604. The number of carbonyl (C=O) groups excluding carboxylic acids is 1. The third-order valence-electron chi connectivity index (χ3n) is 2.58. The summed E-state index contributed by atoms with van der Waals surface area (Å²) in [5.41, 5.74) is 0.596. The second-order valence-electron chi connectivity index (χ2n) is 4.08. The van der Waals surface area contributed by atoms with Crippen LogP contribution in [0.15, 0.2) is 36.4 Å². The highest BCUT2D eigenvalue weighted by Crippen LogP contribution is 2.35. The Balaban J connectivity index is 1.85. The molecule has 0 aromatic heterocycles. The molecule has 0 aliphatic carbocycles. The Kier molecular flexibility index (Phi) is 5.74. The van der Waals surface area contributed by atoms with Gasteiger partial charge >= 0.3 is 0 Å². The quantitative estimate of drug-likeness (QED) is 0.551. The van der Waals surface area contributed by atoms with Gasteiger partial charge in [0.1, 0.15) is 25.2 Å². The fourth-order valence-electron chi connectivity index (χ4n) is 1.61. The lowest BCUT2D eigenvalue weighted by Gasteiger charge is -2.11. The minimum Gasteiger partial charge on any atom is -0.490 e. The Hall–Kier alpha value is -1.42. The summed E-state index contributed by atoms with van der Waals surface area (Å²) < 4.78 is 11.0. The second-order valence-corrected chi connectivity index (χ2v) is 5.33. The van der Waals surface area contributed by atoms with Gasteiger partial charge in [-0.25, -0.2) is 0 Å². The molecule has 0 unspecified atom stereocenters. The molecular formula is C15H11Cl3O3. The van der Waals surface area contributed by atoms with Crippen LogP contribution in [0.5, 0.6) is 11.5 Å². The van der Waals surface area contributed by atoms with Gasteiger partial charge in [0.15, 0.2) is 5.75 Å². The Morgan fingerprint density at radius 3 is 2.05 bits per heavy atom. The number of aldehydes is 1. The molecule has 2 aromatic rings. The third-order valence-corrected chi connectivity index (χ3v) is 3.36. The van der Waals surface area contributed by atoms with E-state index in [9.17, 15) is 4.79 Å². The Morgan fingerprint density at radius 2 is 1.48 bits per heavy atom. The van der Waals surface area contributed by atoms with Gasteiger partial charge in [0.2, 0.25) is 0 Å². The second kappa shape index (κ2) is 7.55. The number of carbonyl (C=O) groups is 1. The predicted octanol–water partition coefficient (Wildman–Crippen LogP) is 4.92. The van der Waals surface area contributed by atoms with Crippen LogP contribution >= 0.6 is 34.8 Å². The van der Waals surface area contributed by atoms with Crippen molar-refractivity contribution in [1.82, 2.24) is 0 Å². The number of hydrogen-bond acceptors (Lipinski definition) is 3. The Morgan fingerprint density at radius 1 is 0.905 bits per heavy atom. The molecule has 0 spiro atoms. The lowest BCUT2D eigenvalue weighted by molar-refractivity contribution is 0.112. The summed E-state index contributed by atoms with van der Waals surface area (Å²) in [7, 11) is 0. The van der Waals surface area contributed by atoms with Crippen LogP contribution in [0.3, 0.4) is 0 Å².